The van der Waals surface area contributed by atoms with Crippen LogP contribution in [-0.2, 0) is 0 Å². The third-order valence-corrected chi connectivity index (χ3v) is 2.72. The Balaban J connectivity index is 2.35. The van der Waals surface area contributed by atoms with Gasteiger partial charge in [0.2, 0.25) is 0 Å². The van der Waals surface area contributed by atoms with Gasteiger partial charge in [-0.1, -0.05) is 6.07 Å². The van der Waals surface area contributed by atoms with Crippen LogP contribution in [-0.4, -0.2) is 4.92 Å². The highest BCUT2D eigenvalue weighted by Crippen LogP contribution is 2.25. The Morgan fingerprint density at radius 2 is 2.00 bits per heavy atom. The average Bonchev–Trinajstić information content (AvgIpc) is 2.40. The van der Waals surface area contributed by atoms with Gasteiger partial charge in [-0.3, -0.25) is 10.1 Å². The SMILES string of the molecule is Cc1ccc(Nc2cc(F)cc(C#N)c2)cc1[N+](=O)[O-]. The molecule has 1 N–H and O–H groups in total. The lowest BCUT2D eigenvalue weighted by molar-refractivity contribution is -0.385. The van der Waals surface area contributed by atoms with Gasteiger partial charge in [-0.2, -0.15) is 5.26 Å². The predicted octanol–water partition coefficient (Wildman–Crippen LogP) is 3.66. The highest BCUT2D eigenvalue weighted by atomic mass is 19.1. The molecule has 0 amide bonds. The largest absolute Gasteiger partial charge is 0.355 e. The van der Waals surface area contributed by atoms with Crippen LogP contribution >= 0.6 is 0 Å². The van der Waals surface area contributed by atoms with E-state index in [4.69, 9.17) is 5.26 Å². The Morgan fingerprint density at radius 3 is 2.65 bits per heavy atom. The molecular weight excluding hydrogens is 261 g/mol. The van der Waals surface area contributed by atoms with E-state index in [0.29, 0.717) is 16.9 Å². The van der Waals surface area contributed by atoms with E-state index in [0.717, 1.165) is 6.07 Å². The summed E-state index contributed by atoms with van der Waals surface area (Å²) in [5.41, 5.74) is 1.51. The molecule has 0 bridgehead atoms. The van der Waals surface area contributed by atoms with Crippen molar-refractivity contribution in [1.82, 2.24) is 0 Å². The van der Waals surface area contributed by atoms with Crippen LogP contribution in [0.1, 0.15) is 11.1 Å². The molecule has 2 rings (SSSR count). The number of benzene rings is 2. The maximum absolute atomic E-state index is 13.3. The first-order valence-electron chi connectivity index (χ1n) is 5.72. The summed E-state index contributed by atoms with van der Waals surface area (Å²) in [7, 11) is 0. The molecule has 0 aliphatic rings. The lowest BCUT2D eigenvalue weighted by Crippen LogP contribution is -1.96. The van der Waals surface area contributed by atoms with E-state index in [1.165, 1.54) is 18.2 Å². The molecule has 0 fully saturated rings. The highest BCUT2D eigenvalue weighted by Gasteiger charge is 2.11. The van der Waals surface area contributed by atoms with E-state index in [1.54, 1.807) is 19.1 Å². The van der Waals surface area contributed by atoms with E-state index in [1.807, 2.05) is 6.07 Å². The van der Waals surface area contributed by atoms with Gasteiger partial charge in [-0.15, -0.1) is 0 Å². The van der Waals surface area contributed by atoms with Crippen LogP contribution in [0.15, 0.2) is 36.4 Å². The Kier molecular flexibility index (Phi) is 3.62. The summed E-state index contributed by atoms with van der Waals surface area (Å²) in [6, 6.07) is 10.3. The van der Waals surface area contributed by atoms with E-state index in [2.05, 4.69) is 5.32 Å². The van der Waals surface area contributed by atoms with E-state index < -0.39 is 10.7 Å². The molecule has 0 heterocycles. The van der Waals surface area contributed by atoms with Crippen LogP contribution in [0.2, 0.25) is 0 Å². The van der Waals surface area contributed by atoms with Crippen molar-refractivity contribution in [2.24, 2.45) is 0 Å². The summed E-state index contributed by atoms with van der Waals surface area (Å²) in [6.45, 7) is 1.64. The van der Waals surface area contributed by atoms with Gasteiger partial charge >= 0.3 is 0 Å². The zero-order valence-corrected chi connectivity index (χ0v) is 10.6. The zero-order chi connectivity index (χ0) is 14.7. The minimum atomic E-state index is -0.548. The molecule has 0 saturated carbocycles. The Bertz CT molecular complexity index is 723. The molecule has 6 heteroatoms. The fourth-order valence-electron chi connectivity index (χ4n) is 1.78. The first-order valence-corrected chi connectivity index (χ1v) is 5.72. The molecule has 0 spiro atoms. The van der Waals surface area contributed by atoms with Crippen LogP contribution in [0.25, 0.3) is 0 Å². The topological polar surface area (TPSA) is 79.0 Å². The molecule has 0 aliphatic carbocycles. The van der Waals surface area contributed by atoms with E-state index in [9.17, 15) is 14.5 Å². The van der Waals surface area contributed by atoms with Gasteiger partial charge in [0.15, 0.2) is 0 Å². The lowest BCUT2D eigenvalue weighted by atomic mass is 10.1. The van der Waals surface area contributed by atoms with Crippen molar-refractivity contribution in [2.75, 3.05) is 5.32 Å². The number of nitro benzene ring substituents is 1. The van der Waals surface area contributed by atoms with Gasteiger partial charge in [0.1, 0.15) is 5.82 Å². The molecule has 0 radical (unpaired) electrons. The smallest absolute Gasteiger partial charge is 0.274 e. The number of nitrogens with zero attached hydrogens (tertiary/aromatic N) is 2. The Morgan fingerprint density at radius 1 is 1.25 bits per heavy atom. The van der Waals surface area contributed by atoms with Crippen molar-refractivity contribution in [3.05, 3.63) is 63.5 Å². The van der Waals surface area contributed by atoms with E-state index >= 15 is 0 Å². The molecule has 5 nitrogen and oxygen atoms in total. The second-order valence-electron chi connectivity index (χ2n) is 4.22. The van der Waals surface area contributed by atoms with Crippen molar-refractivity contribution in [2.45, 2.75) is 6.92 Å². The number of nitrogens with one attached hydrogen (secondary N) is 1. The Labute approximate surface area is 114 Å². The minimum Gasteiger partial charge on any atom is -0.355 e. The van der Waals surface area contributed by atoms with Crippen molar-refractivity contribution in [3.63, 3.8) is 0 Å². The maximum Gasteiger partial charge on any atom is 0.274 e. The predicted molar refractivity (Wildman–Crippen MR) is 72.2 cm³/mol. The summed E-state index contributed by atoms with van der Waals surface area (Å²) < 4.78 is 13.3. The third kappa shape index (κ3) is 2.90. The number of rotatable bonds is 3. The molecule has 0 saturated heterocycles. The summed E-state index contributed by atoms with van der Waals surface area (Å²) >= 11 is 0. The van der Waals surface area contributed by atoms with Gasteiger partial charge in [0, 0.05) is 23.0 Å². The molecule has 0 atom stereocenters. The molecule has 0 aromatic heterocycles. The van der Waals surface area contributed by atoms with E-state index in [-0.39, 0.29) is 11.3 Å². The van der Waals surface area contributed by atoms with Gasteiger partial charge < -0.3 is 5.32 Å². The van der Waals surface area contributed by atoms with Gasteiger partial charge in [0.05, 0.1) is 16.6 Å². The maximum atomic E-state index is 13.3. The number of nitro groups is 1. The molecule has 100 valence electrons. The standard InChI is InChI=1S/C14H10FN3O2/c1-9-2-3-12(7-14(9)18(19)20)17-13-5-10(8-16)4-11(15)6-13/h2-7,17H,1H3. The van der Waals surface area contributed by atoms with Crippen molar-refractivity contribution >= 4 is 17.1 Å². The van der Waals surface area contributed by atoms with Crippen molar-refractivity contribution in [1.29, 1.82) is 5.26 Å². The second kappa shape index (κ2) is 5.36. The number of hydrogen-bond acceptors (Lipinski definition) is 4. The van der Waals surface area contributed by atoms with Crippen LogP contribution < -0.4 is 5.32 Å². The number of hydrogen-bond donors (Lipinski definition) is 1. The summed E-state index contributed by atoms with van der Waals surface area (Å²) in [6.07, 6.45) is 0. The average molecular weight is 271 g/mol. The number of anilines is 2. The number of halogens is 1. The first kappa shape index (κ1) is 13.5. The second-order valence-corrected chi connectivity index (χ2v) is 4.22. The first-order chi connectivity index (χ1) is 9.49. The summed E-state index contributed by atoms with van der Waals surface area (Å²) in [4.78, 5) is 10.4. The van der Waals surface area contributed by atoms with Gasteiger partial charge in [0.25, 0.3) is 5.69 Å². The van der Waals surface area contributed by atoms with Crippen LogP contribution in [0.4, 0.5) is 21.5 Å². The molecule has 20 heavy (non-hydrogen) atoms. The molecular formula is C14H10FN3O2. The fraction of sp³-hybridized carbons (Fsp3) is 0.0714. The number of nitriles is 1. The zero-order valence-electron chi connectivity index (χ0n) is 10.6. The molecule has 2 aromatic carbocycles. The van der Waals surface area contributed by atoms with Crippen LogP contribution in [0, 0.1) is 34.2 Å². The minimum absolute atomic E-state index is 0.0214. The Hall–Kier alpha value is -2.94. The quantitative estimate of drug-likeness (QED) is 0.682. The highest BCUT2D eigenvalue weighted by molar-refractivity contribution is 5.65. The van der Waals surface area contributed by atoms with Crippen LogP contribution in [0.3, 0.4) is 0 Å². The van der Waals surface area contributed by atoms with Gasteiger partial charge in [-0.05, 0) is 31.2 Å². The normalized spacial score (nSPS) is 9.85. The monoisotopic (exact) mass is 271 g/mol. The van der Waals surface area contributed by atoms with Gasteiger partial charge in [-0.25, -0.2) is 4.39 Å². The molecule has 2 aromatic rings. The van der Waals surface area contributed by atoms with Crippen molar-refractivity contribution in [3.8, 4) is 6.07 Å². The molecule has 0 unspecified atom stereocenters. The number of aryl methyl sites for hydroxylation is 1. The summed E-state index contributed by atoms with van der Waals surface area (Å²) in [5, 5.41) is 22.5. The third-order valence-electron chi connectivity index (χ3n) is 2.72. The lowest BCUT2D eigenvalue weighted by Gasteiger charge is -2.08. The summed E-state index contributed by atoms with van der Waals surface area (Å²) in [5.74, 6) is -0.548. The fourth-order valence-corrected chi connectivity index (χ4v) is 1.78. The molecule has 0 aliphatic heterocycles. The van der Waals surface area contributed by atoms with Crippen molar-refractivity contribution < 1.29 is 9.31 Å². The van der Waals surface area contributed by atoms with Crippen LogP contribution in [0.5, 0.6) is 0 Å².